The highest BCUT2D eigenvalue weighted by atomic mass is 16.4. The minimum atomic E-state index is -0.669. The predicted molar refractivity (Wildman–Crippen MR) is 58.7 cm³/mol. The van der Waals surface area contributed by atoms with E-state index < -0.39 is 5.97 Å². The molecule has 0 aromatic rings. The Labute approximate surface area is 91.2 Å². The van der Waals surface area contributed by atoms with Crippen LogP contribution in [-0.4, -0.2) is 23.2 Å². The smallest absolute Gasteiger partial charge is 0.320 e. The lowest BCUT2D eigenvalue weighted by molar-refractivity contribution is -0.141. The topological polar surface area (TPSA) is 49.3 Å². The molecule has 0 bridgehead atoms. The van der Waals surface area contributed by atoms with E-state index in [1.807, 2.05) is 0 Å². The monoisotopic (exact) mass is 211 g/mol. The van der Waals surface area contributed by atoms with Crippen molar-refractivity contribution < 1.29 is 9.90 Å². The average molecular weight is 211 g/mol. The van der Waals surface area contributed by atoms with Crippen LogP contribution in [-0.2, 0) is 4.79 Å². The molecule has 0 aromatic heterocycles. The Kier molecular flexibility index (Phi) is 3.29. The normalized spacial score (nSPS) is 40.9. The number of hydrogen-bond donors (Lipinski definition) is 2. The van der Waals surface area contributed by atoms with E-state index in [2.05, 4.69) is 12.2 Å². The van der Waals surface area contributed by atoms with Gasteiger partial charge in [0.2, 0.25) is 0 Å². The van der Waals surface area contributed by atoms with E-state index in [9.17, 15) is 4.79 Å². The van der Waals surface area contributed by atoms with Crippen LogP contribution in [0.1, 0.15) is 45.4 Å². The zero-order valence-electron chi connectivity index (χ0n) is 9.41. The summed E-state index contributed by atoms with van der Waals surface area (Å²) in [6.07, 6.45) is 7.07. The second-order valence-electron chi connectivity index (χ2n) is 5.02. The van der Waals surface area contributed by atoms with Gasteiger partial charge in [0.15, 0.2) is 0 Å². The van der Waals surface area contributed by atoms with E-state index in [-0.39, 0.29) is 6.04 Å². The minimum Gasteiger partial charge on any atom is -0.480 e. The SMILES string of the molecule is CCC1NC(C(=O)O)CC2CCCCC21. The van der Waals surface area contributed by atoms with Crippen LogP contribution in [0.3, 0.4) is 0 Å². The van der Waals surface area contributed by atoms with Gasteiger partial charge in [-0.2, -0.15) is 0 Å². The van der Waals surface area contributed by atoms with Crippen molar-refractivity contribution in [2.45, 2.75) is 57.5 Å². The van der Waals surface area contributed by atoms with Crippen LogP contribution in [0.15, 0.2) is 0 Å². The third-order valence-corrected chi connectivity index (χ3v) is 4.18. The summed E-state index contributed by atoms with van der Waals surface area (Å²) in [7, 11) is 0. The lowest BCUT2D eigenvalue weighted by atomic mass is 9.69. The molecule has 1 heterocycles. The summed E-state index contributed by atoms with van der Waals surface area (Å²) < 4.78 is 0. The second kappa shape index (κ2) is 4.52. The van der Waals surface area contributed by atoms with Gasteiger partial charge in [0.05, 0.1) is 0 Å². The first-order chi connectivity index (χ1) is 7.22. The molecule has 15 heavy (non-hydrogen) atoms. The molecule has 0 radical (unpaired) electrons. The largest absolute Gasteiger partial charge is 0.480 e. The van der Waals surface area contributed by atoms with Gasteiger partial charge in [-0.05, 0) is 31.1 Å². The number of nitrogens with one attached hydrogen (secondary N) is 1. The van der Waals surface area contributed by atoms with Gasteiger partial charge < -0.3 is 10.4 Å². The highest BCUT2D eigenvalue weighted by Gasteiger charge is 2.39. The molecule has 2 rings (SSSR count). The summed E-state index contributed by atoms with van der Waals surface area (Å²) in [6, 6.07) is 0.138. The summed E-state index contributed by atoms with van der Waals surface area (Å²) in [5, 5.41) is 12.4. The Bertz CT molecular complexity index is 234. The molecule has 1 aliphatic heterocycles. The molecule has 0 amide bonds. The molecule has 0 spiro atoms. The number of carboxylic acids is 1. The number of carboxylic acid groups (broad SMARTS) is 1. The third kappa shape index (κ3) is 2.17. The minimum absolute atomic E-state index is 0.297. The van der Waals surface area contributed by atoms with Crippen molar-refractivity contribution in [3.63, 3.8) is 0 Å². The summed E-state index contributed by atoms with van der Waals surface area (Å²) in [6.45, 7) is 2.16. The van der Waals surface area contributed by atoms with Gasteiger partial charge in [-0.15, -0.1) is 0 Å². The van der Waals surface area contributed by atoms with E-state index in [4.69, 9.17) is 5.11 Å². The lowest BCUT2D eigenvalue weighted by Gasteiger charge is -2.44. The fourth-order valence-corrected chi connectivity index (χ4v) is 3.40. The quantitative estimate of drug-likeness (QED) is 0.734. The van der Waals surface area contributed by atoms with Gasteiger partial charge in [0.1, 0.15) is 6.04 Å². The number of rotatable bonds is 2. The second-order valence-corrected chi connectivity index (χ2v) is 5.02. The maximum absolute atomic E-state index is 11.0. The van der Waals surface area contributed by atoms with Crippen molar-refractivity contribution in [3.05, 3.63) is 0 Å². The van der Waals surface area contributed by atoms with E-state index in [1.165, 1.54) is 25.7 Å². The Hall–Kier alpha value is -0.570. The van der Waals surface area contributed by atoms with Gasteiger partial charge in [-0.25, -0.2) is 0 Å². The van der Waals surface area contributed by atoms with Crippen molar-refractivity contribution >= 4 is 5.97 Å². The Morgan fingerprint density at radius 2 is 2.13 bits per heavy atom. The molecule has 4 unspecified atom stereocenters. The first kappa shape index (κ1) is 10.9. The van der Waals surface area contributed by atoms with Crippen LogP contribution in [0.2, 0.25) is 0 Å². The third-order valence-electron chi connectivity index (χ3n) is 4.18. The van der Waals surface area contributed by atoms with Crippen molar-refractivity contribution in [3.8, 4) is 0 Å². The molecule has 1 saturated heterocycles. The van der Waals surface area contributed by atoms with Gasteiger partial charge >= 0.3 is 5.97 Å². The fourth-order valence-electron chi connectivity index (χ4n) is 3.40. The van der Waals surface area contributed by atoms with Gasteiger partial charge in [0, 0.05) is 6.04 Å². The van der Waals surface area contributed by atoms with Crippen molar-refractivity contribution in [2.75, 3.05) is 0 Å². The number of piperidine rings is 1. The van der Waals surface area contributed by atoms with Crippen LogP contribution in [0.5, 0.6) is 0 Å². The van der Waals surface area contributed by atoms with E-state index in [0.29, 0.717) is 12.0 Å². The molecule has 2 fully saturated rings. The number of hydrogen-bond acceptors (Lipinski definition) is 2. The van der Waals surface area contributed by atoms with Crippen LogP contribution in [0, 0.1) is 11.8 Å². The molecule has 2 N–H and O–H groups in total. The molecule has 3 nitrogen and oxygen atoms in total. The van der Waals surface area contributed by atoms with Crippen LogP contribution >= 0.6 is 0 Å². The Balaban J connectivity index is 2.06. The van der Waals surface area contributed by atoms with Crippen molar-refractivity contribution in [1.82, 2.24) is 5.32 Å². The average Bonchev–Trinajstić information content (AvgIpc) is 2.27. The summed E-state index contributed by atoms with van der Waals surface area (Å²) in [4.78, 5) is 11.0. The lowest BCUT2D eigenvalue weighted by Crippen LogP contribution is -2.55. The summed E-state index contributed by atoms with van der Waals surface area (Å²) >= 11 is 0. The van der Waals surface area contributed by atoms with Crippen LogP contribution in [0.4, 0.5) is 0 Å². The molecule has 3 heteroatoms. The molecule has 4 atom stereocenters. The van der Waals surface area contributed by atoms with E-state index >= 15 is 0 Å². The van der Waals surface area contributed by atoms with Crippen molar-refractivity contribution in [1.29, 1.82) is 0 Å². The summed E-state index contributed by atoms with van der Waals surface area (Å²) in [5.74, 6) is 0.725. The number of aliphatic carboxylic acids is 1. The molecule has 0 aromatic carbocycles. The van der Waals surface area contributed by atoms with E-state index in [1.54, 1.807) is 0 Å². The Morgan fingerprint density at radius 3 is 2.80 bits per heavy atom. The van der Waals surface area contributed by atoms with Gasteiger partial charge in [0.25, 0.3) is 0 Å². The zero-order chi connectivity index (χ0) is 10.8. The number of fused-ring (bicyclic) bond motifs is 1. The first-order valence-electron chi connectivity index (χ1n) is 6.21. The molecule has 2 aliphatic rings. The van der Waals surface area contributed by atoms with Crippen LogP contribution < -0.4 is 5.32 Å². The Morgan fingerprint density at radius 1 is 1.40 bits per heavy atom. The zero-order valence-corrected chi connectivity index (χ0v) is 9.41. The molecule has 1 saturated carbocycles. The predicted octanol–water partition coefficient (Wildman–Crippen LogP) is 2.02. The molecular weight excluding hydrogens is 190 g/mol. The van der Waals surface area contributed by atoms with E-state index in [0.717, 1.165) is 18.8 Å². The standard InChI is InChI=1S/C12H21NO2/c1-2-10-9-6-4-3-5-8(9)7-11(13-10)12(14)15/h8-11,13H,2-7H2,1H3,(H,14,15). The number of carbonyl (C=O) groups is 1. The summed E-state index contributed by atoms with van der Waals surface area (Å²) in [5.41, 5.74) is 0. The maximum Gasteiger partial charge on any atom is 0.320 e. The highest BCUT2D eigenvalue weighted by molar-refractivity contribution is 5.73. The highest BCUT2D eigenvalue weighted by Crippen LogP contribution is 2.39. The van der Waals surface area contributed by atoms with Crippen molar-refractivity contribution in [2.24, 2.45) is 11.8 Å². The first-order valence-corrected chi connectivity index (χ1v) is 6.21. The van der Waals surface area contributed by atoms with Crippen LogP contribution in [0.25, 0.3) is 0 Å². The maximum atomic E-state index is 11.0. The molecule has 86 valence electrons. The molecular formula is C12H21NO2. The molecule has 1 aliphatic carbocycles. The van der Waals surface area contributed by atoms with Gasteiger partial charge in [-0.3, -0.25) is 4.79 Å². The fraction of sp³-hybridized carbons (Fsp3) is 0.917. The van der Waals surface area contributed by atoms with Gasteiger partial charge in [-0.1, -0.05) is 26.2 Å².